The van der Waals surface area contributed by atoms with E-state index in [2.05, 4.69) is 0 Å². The summed E-state index contributed by atoms with van der Waals surface area (Å²) in [6.45, 7) is -1.21. The number of aliphatic hydroxyl groups excluding tert-OH is 7. The fourth-order valence-corrected chi connectivity index (χ4v) is 2.73. The van der Waals surface area contributed by atoms with Crippen LogP contribution < -0.4 is 0 Å². The average Bonchev–Trinajstić information content (AvgIpc) is 2.59. The summed E-state index contributed by atoms with van der Waals surface area (Å²) in [6, 6.07) is 0. The molecule has 2 fully saturated rings. The summed E-state index contributed by atoms with van der Waals surface area (Å²) in [7, 11) is 1.24. The molecule has 11 nitrogen and oxygen atoms in total. The molecule has 0 spiro atoms. The Bertz CT molecular complexity index is 392. The van der Waals surface area contributed by atoms with Crippen molar-refractivity contribution >= 4 is 0 Å². The quantitative estimate of drug-likeness (QED) is 0.251. The number of aliphatic hydroxyl groups is 7. The van der Waals surface area contributed by atoms with Crippen LogP contribution in [0, 0.1) is 0 Å². The fourth-order valence-electron chi connectivity index (χ4n) is 2.73. The molecule has 2 heterocycles. The van der Waals surface area contributed by atoms with E-state index in [1.54, 1.807) is 0 Å². The predicted octanol–water partition coefficient (Wildman–Crippen LogP) is -4.74. The molecule has 0 unspecified atom stereocenters. The molecule has 0 aromatic heterocycles. The molecule has 0 radical (unpaired) electrons. The Labute approximate surface area is 137 Å². The van der Waals surface area contributed by atoms with Crippen LogP contribution in [0.5, 0.6) is 0 Å². The molecule has 0 amide bonds. The van der Waals surface area contributed by atoms with Crippen LogP contribution in [0.3, 0.4) is 0 Å². The van der Waals surface area contributed by atoms with Crippen LogP contribution in [0.25, 0.3) is 0 Å². The topological polar surface area (TPSA) is 179 Å². The first-order valence-electron chi connectivity index (χ1n) is 7.46. The minimum atomic E-state index is -1.68. The normalized spacial score (nSPS) is 50.0. The molecule has 0 aromatic rings. The molecule has 0 bridgehead atoms. The summed E-state index contributed by atoms with van der Waals surface area (Å²) < 4.78 is 20.8. The van der Waals surface area contributed by atoms with Gasteiger partial charge < -0.3 is 54.7 Å². The van der Waals surface area contributed by atoms with Crippen molar-refractivity contribution in [1.82, 2.24) is 0 Å². The van der Waals surface area contributed by atoms with Crippen LogP contribution in [0.2, 0.25) is 0 Å². The van der Waals surface area contributed by atoms with E-state index in [1.165, 1.54) is 7.11 Å². The van der Waals surface area contributed by atoms with Crippen LogP contribution in [-0.2, 0) is 18.9 Å². The zero-order chi connectivity index (χ0) is 18.0. The lowest BCUT2D eigenvalue weighted by molar-refractivity contribution is -0.364. The van der Waals surface area contributed by atoms with E-state index in [9.17, 15) is 25.5 Å². The number of methoxy groups -OCH3 is 1. The van der Waals surface area contributed by atoms with Crippen LogP contribution in [0.4, 0.5) is 0 Å². The summed E-state index contributed by atoms with van der Waals surface area (Å²) in [4.78, 5) is 0. The highest BCUT2D eigenvalue weighted by Gasteiger charge is 2.50. The van der Waals surface area contributed by atoms with Gasteiger partial charge in [-0.25, -0.2) is 0 Å². The van der Waals surface area contributed by atoms with Gasteiger partial charge >= 0.3 is 0 Å². The molecule has 24 heavy (non-hydrogen) atoms. The molecule has 7 N–H and O–H groups in total. The Morgan fingerprint density at radius 3 is 1.71 bits per heavy atom. The first kappa shape index (κ1) is 19.9. The second-order valence-corrected chi connectivity index (χ2v) is 5.74. The molecular weight excluding hydrogens is 332 g/mol. The zero-order valence-corrected chi connectivity index (χ0v) is 13.0. The molecule has 11 heteroatoms. The SMILES string of the molecule is CO[C@H]1O[C@H](CO)[C@@H](O)[C@H](O)[C@@H]1O[C@@H]1O[C@H](CO)[C@@H](O)[C@H](O)[C@H]1O. The first-order valence-corrected chi connectivity index (χ1v) is 7.46. The van der Waals surface area contributed by atoms with Gasteiger partial charge in [0, 0.05) is 7.11 Å². The number of rotatable bonds is 5. The summed E-state index contributed by atoms with van der Waals surface area (Å²) in [6.07, 6.45) is -14.3. The van der Waals surface area contributed by atoms with Crippen LogP contribution in [0.15, 0.2) is 0 Å². The van der Waals surface area contributed by atoms with Crippen molar-refractivity contribution in [2.45, 2.75) is 61.4 Å². The van der Waals surface area contributed by atoms with Gasteiger partial charge in [-0.3, -0.25) is 0 Å². The Hall–Kier alpha value is -0.440. The van der Waals surface area contributed by atoms with Gasteiger partial charge in [0.05, 0.1) is 13.2 Å². The minimum absolute atomic E-state index is 0.565. The molecule has 2 aliphatic rings. The number of hydrogen-bond acceptors (Lipinski definition) is 11. The molecule has 0 saturated carbocycles. The molecule has 10 atom stereocenters. The summed E-state index contributed by atoms with van der Waals surface area (Å²) in [5.74, 6) is 0. The number of ether oxygens (including phenoxy) is 4. The van der Waals surface area contributed by atoms with Crippen molar-refractivity contribution in [2.75, 3.05) is 20.3 Å². The fraction of sp³-hybridized carbons (Fsp3) is 1.00. The van der Waals surface area contributed by atoms with E-state index < -0.39 is 74.6 Å². The van der Waals surface area contributed by atoms with E-state index in [4.69, 9.17) is 29.2 Å². The summed E-state index contributed by atoms with van der Waals surface area (Å²) in [5.41, 5.74) is 0. The number of hydrogen-bond donors (Lipinski definition) is 7. The zero-order valence-electron chi connectivity index (χ0n) is 13.0. The van der Waals surface area contributed by atoms with Gasteiger partial charge in [0.25, 0.3) is 0 Å². The lowest BCUT2D eigenvalue weighted by Gasteiger charge is -2.45. The van der Waals surface area contributed by atoms with Gasteiger partial charge in [0.15, 0.2) is 12.6 Å². The maximum absolute atomic E-state index is 10.2. The van der Waals surface area contributed by atoms with E-state index in [-0.39, 0.29) is 0 Å². The van der Waals surface area contributed by atoms with Gasteiger partial charge in [-0.1, -0.05) is 0 Å². The monoisotopic (exact) mass is 356 g/mol. The van der Waals surface area contributed by atoms with Crippen LogP contribution >= 0.6 is 0 Å². The molecular formula is C13H24O11. The maximum Gasteiger partial charge on any atom is 0.187 e. The standard InChI is InChI=1S/C13H24O11/c1-21-13-11(9(19)7(17)5(3-15)23-13)24-12-10(20)8(18)6(16)4(2-14)22-12/h4-20H,2-3H2,1H3/t4-,5-,6-,7-,8+,9+,10-,11+,12+,13+/m1/s1. The Morgan fingerprint density at radius 1 is 0.708 bits per heavy atom. The van der Waals surface area contributed by atoms with E-state index in [1.807, 2.05) is 0 Å². The van der Waals surface area contributed by atoms with Gasteiger partial charge in [0.2, 0.25) is 0 Å². The Balaban J connectivity index is 2.12. The van der Waals surface area contributed by atoms with Gasteiger partial charge in [-0.05, 0) is 0 Å². The second-order valence-electron chi connectivity index (χ2n) is 5.74. The molecule has 2 rings (SSSR count). The van der Waals surface area contributed by atoms with Gasteiger partial charge in [-0.15, -0.1) is 0 Å². The third-order valence-electron chi connectivity index (χ3n) is 4.20. The molecule has 2 saturated heterocycles. The lowest BCUT2D eigenvalue weighted by Crippen LogP contribution is -2.64. The first-order chi connectivity index (χ1) is 11.3. The van der Waals surface area contributed by atoms with Crippen molar-refractivity contribution in [1.29, 1.82) is 0 Å². The van der Waals surface area contributed by atoms with Crippen molar-refractivity contribution in [2.24, 2.45) is 0 Å². The molecule has 2 aliphatic heterocycles. The van der Waals surface area contributed by atoms with Gasteiger partial charge in [-0.2, -0.15) is 0 Å². The lowest BCUT2D eigenvalue weighted by atomic mass is 9.97. The van der Waals surface area contributed by atoms with E-state index in [0.29, 0.717) is 0 Å². The molecule has 0 aliphatic carbocycles. The van der Waals surface area contributed by atoms with Crippen molar-refractivity contribution < 1.29 is 54.7 Å². The minimum Gasteiger partial charge on any atom is -0.394 e. The van der Waals surface area contributed by atoms with Crippen molar-refractivity contribution in [3.8, 4) is 0 Å². The highest BCUT2D eigenvalue weighted by molar-refractivity contribution is 4.93. The largest absolute Gasteiger partial charge is 0.394 e. The molecule has 0 aromatic carbocycles. The average molecular weight is 356 g/mol. The van der Waals surface area contributed by atoms with Crippen LogP contribution in [0.1, 0.15) is 0 Å². The highest BCUT2D eigenvalue weighted by atomic mass is 16.8. The molecule has 142 valence electrons. The van der Waals surface area contributed by atoms with Crippen LogP contribution in [-0.4, -0.2) is 117 Å². The second kappa shape index (κ2) is 8.29. The van der Waals surface area contributed by atoms with Gasteiger partial charge in [0.1, 0.15) is 48.8 Å². The third-order valence-corrected chi connectivity index (χ3v) is 4.20. The van der Waals surface area contributed by atoms with Crippen molar-refractivity contribution in [3.63, 3.8) is 0 Å². The maximum atomic E-state index is 10.2. The third kappa shape index (κ3) is 3.71. The Kier molecular flexibility index (Phi) is 6.87. The van der Waals surface area contributed by atoms with E-state index in [0.717, 1.165) is 0 Å². The van der Waals surface area contributed by atoms with Crippen molar-refractivity contribution in [3.05, 3.63) is 0 Å². The summed E-state index contributed by atoms with van der Waals surface area (Å²) >= 11 is 0. The smallest absolute Gasteiger partial charge is 0.187 e. The summed E-state index contributed by atoms with van der Waals surface area (Å²) in [5, 5.41) is 67.8. The highest BCUT2D eigenvalue weighted by Crippen LogP contribution is 2.29. The Morgan fingerprint density at radius 2 is 1.21 bits per heavy atom. The predicted molar refractivity (Wildman–Crippen MR) is 73.4 cm³/mol. The van der Waals surface area contributed by atoms with E-state index >= 15 is 0 Å².